The molecule has 1 heterocycles. The topological polar surface area (TPSA) is 82.1 Å². The van der Waals surface area contributed by atoms with Gasteiger partial charge in [-0.15, -0.1) is 0 Å². The molecule has 0 aliphatic carbocycles. The summed E-state index contributed by atoms with van der Waals surface area (Å²) < 4.78 is 16.4. The number of anilines is 1. The summed E-state index contributed by atoms with van der Waals surface area (Å²) in [6.45, 7) is 5.80. The number of hydrogen-bond donors (Lipinski definition) is 0. The Morgan fingerprint density at radius 3 is 2.17 bits per heavy atom. The molecule has 0 spiro atoms. The van der Waals surface area contributed by atoms with Crippen molar-refractivity contribution in [1.82, 2.24) is 0 Å². The van der Waals surface area contributed by atoms with Crippen LogP contribution in [0.2, 0.25) is 0 Å². The number of hydrogen-bond acceptors (Lipinski definition) is 6. The first-order valence-corrected chi connectivity index (χ1v) is 11.8. The predicted molar refractivity (Wildman–Crippen MR) is 136 cm³/mol. The highest BCUT2D eigenvalue weighted by Gasteiger charge is 2.37. The first-order valence-electron chi connectivity index (χ1n) is 11.8. The number of rotatable bonds is 8. The number of carbonyl (C=O) groups is 3. The average molecular weight is 488 g/mol. The van der Waals surface area contributed by atoms with Crippen molar-refractivity contribution in [1.29, 1.82) is 0 Å². The first kappa shape index (κ1) is 25.0. The van der Waals surface area contributed by atoms with Crippen LogP contribution in [0.25, 0.3) is 0 Å². The molecule has 0 saturated carbocycles. The minimum absolute atomic E-state index is 0.0309. The van der Waals surface area contributed by atoms with Crippen molar-refractivity contribution in [2.75, 3.05) is 18.6 Å². The molecular weight excluding hydrogens is 458 g/mol. The Labute approximate surface area is 210 Å². The van der Waals surface area contributed by atoms with E-state index in [4.69, 9.17) is 14.2 Å². The maximum absolute atomic E-state index is 12.7. The third kappa shape index (κ3) is 5.57. The van der Waals surface area contributed by atoms with Crippen LogP contribution in [0.1, 0.15) is 34.8 Å². The van der Waals surface area contributed by atoms with Crippen molar-refractivity contribution in [3.8, 4) is 17.2 Å². The molecule has 0 N–H and O–H groups in total. The van der Waals surface area contributed by atoms with Gasteiger partial charge in [0, 0.05) is 24.2 Å². The second-order valence-corrected chi connectivity index (χ2v) is 8.92. The molecule has 7 heteroatoms. The number of methoxy groups -OCH3 is 1. The van der Waals surface area contributed by atoms with Crippen LogP contribution in [-0.2, 0) is 14.3 Å². The highest BCUT2D eigenvalue weighted by atomic mass is 16.5. The fraction of sp³-hybridized carbons (Fsp3) is 0.276. The van der Waals surface area contributed by atoms with Crippen LogP contribution in [0, 0.1) is 19.8 Å². The summed E-state index contributed by atoms with van der Waals surface area (Å²) in [7, 11) is 1.54. The van der Waals surface area contributed by atoms with Crippen LogP contribution in [0.4, 0.5) is 5.69 Å². The molecule has 4 rings (SSSR count). The molecule has 1 saturated heterocycles. The lowest BCUT2D eigenvalue weighted by molar-refractivity contribution is -0.151. The molecule has 186 valence electrons. The van der Waals surface area contributed by atoms with Crippen molar-refractivity contribution >= 4 is 23.3 Å². The second kappa shape index (κ2) is 10.6. The van der Waals surface area contributed by atoms with Crippen LogP contribution in [-0.4, -0.2) is 37.4 Å². The molecule has 1 aliphatic heterocycles. The number of amides is 1. The molecule has 7 nitrogen and oxygen atoms in total. The summed E-state index contributed by atoms with van der Waals surface area (Å²) in [5.41, 5.74) is 3.43. The van der Waals surface area contributed by atoms with E-state index in [-0.39, 0.29) is 24.7 Å². The van der Waals surface area contributed by atoms with Gasteiger partial charge in [-0.3, -0.25) is 14.4 Å². The average Bonchev–Trinajstić information content (AvgIpc) is 3.28. The minimum Gasteiger partial charge on any atom is -0.497 e. The van der Waals surface area contributed by atoms with Crippen molar-refractivity contribution in [3.63, 3.8) is 0 Å². The predicted octanol–water partition coefficient (Wildman–Crippen LogP) is 5.27. The Morgan fingerprint density at radius 1 is 0.889 bits per heavy atom. The van der Waals surface area contributed by atoms with Crippen LogP contribution in [0.3, 0.4) is 0 Å². The van der Waals surface area contributed by atoms with Crippen LogP contribution in [0.5, 0.6) is 17.2 Å². The highest BCUT2D eigenvalue weighted by molar-refractivity contribution is 6.02. The van der Waals surface area contributed by atoms with Gasteiger partial charge in [0.25, 0.3) is 0 Å². The van der Waals surface area contributed by atoms with Crippen molar-refractivity contribution < 1.29 is 28.6 Å². The molecule has 3 aromatic carbocycles. The lowest BCUT2D eigenvalue weighted by atomic mass is 10.1. The SMILES string of the molecule is COc1ccc(C(=O)[C@@H](C)OC(=O)[C@H]2CC(=O)N(c3ccc(Oc4ccc(C)c(C)c4)cc3)C2)cc1. The van der Waals surface area contributed by atoms with Crippen molar-refractivity contribution in [2.45, 2.75) is 33.3 Å². The standard InChI is InChI=1S/C29H29NO6/c1-18-5-10-26(15-19(18)2)36-25-13-8-23(9-14-25)30-17-22(16-27(30)31)29(33)35-20(3)28(32)21-6-11-24(34-4)12-7-21/h5-15,20,22H,16-17H2,1-4H3/t20-,22+/m1/s1. The number of Topliss-reactive ketones (excluding diaryl/α,β-unsaturated/α-hetero) is 1. The molecule has 1 amide bonds. The zero-order chi connectivity index (χ0) is 25.8. The number of ketones is 1. The third-order valence-corrected chi connectivity index (χ3v) is 6.36. The molecule has 0 unspecified atom stereocenters. The lowest BCUT2D eigenvalue weighted by Gasteiger charge is -2.18. The van der Waals surface area contributed by atoms with E-state index in [1.807, 2.05) is 32.0 Å². The van der Waals surface area contributed by atoms with E-state index in [0.29, 0.717) is 22.7 Å². The second-order valence-electron chi connectivity index (χ2n) is 8.92. The first-order chi connectivity index (χ1) is 17.2. The van der Waals surface area contributed by atoms with Crippen LogP contribution >= 0.6 is 0 Å². The normalized spacial score (nSPS) is 15.9. The van der Waals surface area contributed by atoms with E-state index in [1.165, 1.54) is 12.5 Å². The molecule has 3 aromatic rings. The van der Waals surface area contributed by atoms with Gasteiger partial charge in [-0.25, -0.2) is 0 Å². The molecule has 1 aliphatic rings. The number of benzene rings is 3. The molecule has 2 atom stereocenters. The van der Waals surface area contributed by atoms with E-state index in [9.17, 15) is 14.4 Å². The maximum Gasteiger partial charge on any atom is 0.312 e. The Kier molecular flexibility index (Phi) is 7.38. The summed E-state index contributed by atoms with van der Waals surface area (Å²) >= 11 is 0. The van der Waals surface area contributed by atoms with Crippen LogP contribution < -0.4 is 14.4 Å². The van der Waals surface area contributed by atoms with Gasteiger partial charge in [0.2, 0.25) is 11.7 Å². The van der Waals surface area contributed by atoms with Gasteiger partial charge in [0.15, 0.2) is 6.10 Å². The fourth-order valence-corrected chi connectivity index (χ4v) is 4.04. The van der Waals surface area contributed by atoms with E-state index in [2.05, 4.69) is 0 Å². The van der Waals surface area contributed by atoms with E-state index < -0.39 is 18.0 Å². The van der Waals surface area contributed by atoms with Crippen LogP contribution in [0.15, 0.2) is 66.7 Å². The zero-order valence-corrected chi connectivity index (χ0v) is 20.8. The molecule has 0 radical (unpaired) electrons. The molecule has 0 aromatic heterocycles. The number of nitrogens with zero attached hydrogens (tertiary/aromatic N) is 1. The van der Waals surface area contributed by atoms with Gasteiger partial charge >= 0.3 is 5.97 Å². The summed E-state index contributed by atoms with van der Waals surface area (Å²) in [4.78, 5) is 39.6. The highest BCUT2D eigenvalue weighted by Crippen LogP contribution is 2.30. The summed E-state index contributed by atoms with van der Waals surface area (Å²) in [6.07, 6.45) is -0.930. The van der Waals surface area contributed by atoms with Gasteiger partial charge < -0.3 is 19.1 Å². The number of ether oxygens (including phenoxy) is 3. The Morgan fingerprint density at radius 2 is 1.53 bits per heavy atom. The fourth-order valence-electron chi connectivity index (χ4n) is 4.04. The molecular formula is C29H29NO6. The smallest absolute Gasteiger partial charge is 0.312 e. The van der Waals surface area contributed by atoms with Gasteiger partial charge in [-0.2, -0.15) is 0 Å². The van der Waals surface area contributed by atoms with Gasteiger partial charge in [-0.05, 0) is 92.6 Å². The Hall–Kier alpha value is -4.13. The third-order valence-electron chi connectivity index (χ3n) is 6.36. The number of esters is 1. The lowest BCUT2D eigenvalue weighted by Crippen LogP contribution is -2.30. The Balaban J connectivity index is 1.35. The molecule has 0 bridgehead atoms. The zero-order valence-electron chi connectivity index (χ0n) is 20.8. The van der Waals surface area contributed by atoms with Gasteiger partial charge in [0.1, 0.15) is 17.2 Å². The summed E-state index contributed by atoms with van der Waals surface area (Å²) in [5, 5.41) is 0. The molecule has 1 fully saturated rings. The minimum atomic E-state index is -0.961. The van der Waals surface area contributed by atoms with Gasteiger partial charge in [-0.1, -0.05) is 6.07 Å². The largest absolute Gasteiger partial charge is 0.497 e. The number of carbonyl (C=O) groups excluding carboxylic acids is 3. The Bertz CT molecular complexity index is 1270. The summed E-state index contributed by atoms with van der Waals surface area (Å²) in [6, 6.07) is 19.7. The van der Waals surface area contributed by atoms with E-state index in [0.717, 1.165) is 11.3 Å². The summed E-state index contributed by atoms with van der Waals surface area (Å²) in [5.74, 6) is 0.329. The van der Waals surface area contributed by atoms with E-state index >= 15 is 0 Å². The number of aryl methyl sites for hydroxylation is 2. The van der Waals surface area contributed by atoms with Crippen molar-refractivity contribution in [2.24, 2.45) is 5.92 Å². The van der Waals surface area contributed by atoms with E-state index in [1.54, 1.807) is 60.5 Å². The monoisotopic (exact) mass is 487 g/mol. The van der Waals surface area contributed by atoms with Gasteiger partial charge in [0.05, 0.1) is 13.0 Å². The van der Waals surface area contributed by atoms with Crippen molar-refractivity contribution in [3.05, 3.63) is 83.4 Å². The maximum atomic E-state index is 12.7. The quantitative estimate of drug-likeness (QED) is 0.318. The molecule has 36 heavy (non-hydrogen) atoms.